The SMILES string of the molecule is COC(=O)CN(Cc1ccccc1Cl)Cn1ccc(-c2ccsc2)n1. The van der Waals surface area contributed by atoms with Gasteiger partial charge in [-0.2, -0.15) is 16.4 Å². The lowest BCUT2D eigenvalue weighted by molar-refractivity contribution is -0.142. The first-order chi connectivity index (χ1) is 12.2. The number of aromatic nitrogens is 2. The lowest BCUT2D eigenvalue weighted by Crippen LogP contribution is -2.32. The van der Waals surface area contributed by atoms with Crippen LogP contribution >= 0.6 is 22.9 Å². The van der Waals surface area contributed by atoms with Crippen LogP contribution in [0.5, 0.6) is 0 Å². The van der Waals surface area contributed by atoms with Crippen LogP contribution in [-0.4, -0.2) is 34.3 Å². The fourth-order valence-electron chi connectivity index (χ4n) is 2.48. The maximum absolute atomic E-state index is 11.8. The third-order valence-electron chi connectivity index (χ3n) is 3.73. The molecule has 7 heteroatoms. The summed E-state index contributed by atoms with van der Waals surface area (Å²) < 4.78 is 6.62. The van der Waals surface area contributed by atoms with Crippen molar-refractivity contribution in [2.24, 2.45) is 0 Å². The molecule has 3 rings (SSSR count). The molecule has 2 heterocycles. The van der Waals surface area contributed by atoms with E-state index in [1.807, 2.05) is 57.6 Å². The van der Waals surface area contributed by atoms with Crippen LogP contribution in [0.15, 0.2) is 53.4 Å². The van der Waals surface area contributed by atoms with Crippen molar-refractivity contribution in [2.45, 2.75) is 13.2 Å². The number of benzene rings is 1. The quantitative estimate of drug-likeness (QED) is 0.587. The van der Waals surface area contributed by atoms with Gasteiger partial charge in [-0.05, 0) is 29.1 Å². The first kappa shape index (κ1) is 17.7. The zero-order valence-corrected chi connectivity index (χ0v) is 15.3. The Morgan fingerprint density at radius 2 is 2.16 bits per heavy atom. The summed E-state index contributed by atoms with van der Waals surface area (Å²) in [4.78, 5) is 13.7. The van der Waals surface area contributed by atoms with Crippen molar-refractivity contribution in [3.8, 4) is 11.3 Å². The lowest BCUT2D eigenvalue weighted by Gasteiger charge is -2.21. The number of carbonyl (C=O) groups excluding carboxylic acids is 1. The van der Waals surface area contributed by atoms with Gasteiger partial charge >= 0.3 is 5.97 Å². The summed E-state index contributed by atoms with van der Waals surface area (Å²) in [7, 11) is 1.39. The number of halogens is 1. The Labute approximate surface area is 155 Å². The number of esters is 1. The number of ether oxygens (including phenoxy) is 1. The predicted molar refractivity (Wildman–Crippen MR) is 99.4 cm³/mol. The Kier molecular flexibility index (Phi) is 5.86. The van der Waals surface area contributed by atoms with Crippen molar-refractivity contribution in [3.63, 3.8) is 0 Å². The smallest absolute Gasteiger partial charge is 0.319 e. The largest absolute Gasteiger partial charge is 0.468 e. The van der Waals surface area contributed by atoms with E-state index < -0.39 is 0 Å². The average molecular weight is 376 g/mol. The maximum atomic E-state index is 11.8. The van der Waals surface area contributed by atoms with Gasteiger partial charge in [-0.3, -0.25) is 14.4 Å². The monoisotopic (exact) mass is 375 g/mol. The van der Waals surface area contributed by atoms with E-state index in [9.17, 15) is 4.79 Å². The summed E-state index contributed by atoms with van der Waals surface area (Å²) in [5.41, 5.74) is 2.96. The van der Waals surface area contributed by atoms with Crippen LogP contribution < -0.4 is 0 Å². The highest BCUT2D eigenvalue weighted by molar-refractivity contribution is 7.08. The molecule has 0 saturated carbocycles. The normalized spacial score (nSPS) is 11.0. The molecule has 0 spiro atoms. The van der Waals surface area contributed by atoms with Crippen LogP contribution in [0.3, 0.4) is 0 Å². The zero-order valence-electron chi connectivity index (χ0n) is 13.8. The second-order valence-corrected chi connectivity index (χ2v) is 6.74. The highest BCUT2D eigenvalue weighted by Crippen LogP contribution is 2.20. The second kappa shape index (κ2) is 8.29. The summed E-state index contributed by atoms with van der Waals surface area (Å²) >= 11 is 7.89. The molecule has 0 amide bonds. The van der Waals surface area contributed by atoms with Crippen LogP contribution in [0.2, 0.25) is 5.02 Å². The van der Waals surface area contributed by atoms with Gasteiger partial charge in [-0.15, -0.1) is 0 Å². The van der Waals surface area contributed by atoms with Crippen molar-refractivity contribution in [1.29, 1.82) is 0 Å². The molecular formula is C18H18ClN3O2S. The first-order valence-electron chi connectivity index (χ1n) is 7.74. The van der Waals surface area contributed by atoms with E-state index in [0.717, 1.165) is 16.8 Å². The van der Waals surface area contributed by atoms with Gasteiger partial charge in [0.05, 0.1) is 26.0 Å². The summed E-state index contributed by atoms with van der Waals surface area (Å²) in [6, 6.07) is 11.6. The molecule has 0 atom stereocenters. The number of carbonyl (C=O) groups is 1. The fourth-order valence-corrected chi connectivity index (χ4v) is 3.33. The van der Waals surface area contributed by atoms with E-state index in [2.05, 4.69) is 10.5 Å². The van der Waals surface area contributed by atoms with Gasteiger partial charge in [0.15, 0.2) is 0 Å². The number of hydrogen-bond donors (Lipinski definition) is 0. The molecule has 0 aliphatic rings. The number of nitrogens with zero attached hydrogens (tertiary/aromatic N) is 3. The van der Waals surface area contributed by atoms with E-state index in [0.29, 0.717) is 18.2 Å². The van der Waals surface area contributed by atoms with Crippen molar-refractivity contribution < 1.29 is 9.53 Å². The average Bonchev–Trinajstić information content (AvgIpc) is 3.28. The second-order valence-electron chi connectivity index (χ2n) is 5.55. The molecule has 130 valence electrons. The number of methoxy groups -OCH3 is 1. The van der Waals surface area contributed by atoms with Crippen molar-refractivity contribution >= 4 is 28.9 Å². The highest BCUT2D eigenvalue weighted by Gasteiger charge is 2.14. The van der Waals surface area contributed by atoms with Gasteiger partial charge in [0.25, 0.3) is 0 Å². The summed E-state index contributed by atoms with van der Waals surface area (Å²) in [5, 5.41) is 9.35. The molecule has 0 N–H and O–H groups in total. The lowest BCUT2D eigenvalue weighted by atomic mass is 10.2. The minimum Gasteiger partial charge on any atom is -0.468 e. The molecule has 3 aromatic rings. The first-order valence-corrected chi connectivity index (χ1v) is 9.06. The van der Waals surface area contributed by atoms with Crippen molar-refractivity contribution in [2.75, 3.05) is 13.7 Å². The van der Waals surface area contributed by atoms with Crippen LogP contribution in [0.1, 0.15) is 5.56 Å². The number of rotatable bonds is 7. The zero-order chi connectivity index (χ0) is 17.6. The Hall–Kier alpha value is -2.15. The molecule has 2 aromatic heterocycles. The van der Waals surface area contributed by atoms with Crippen LogP contribution in [0.25, 0.3) is 11.3 Å². The molecule has 5 nitrogen and oxygen atoms in total. The van der Waals surface area contributed by atoms with E-state index in [4.69, 9.17) is 16.3 Å². The summed E-state index contributed by atoms with van der Waals surface area (Å²) in [5.74, 6) is -0.294. The molecule has 0 saturated heterocycles. The Balaban J connectivity index is 1.75. The van der Waals surface area contributed by atoms with Crippen molar-refractivity contribution in [3.05, 3.63) is 63.9 Å². The minimum atomic E-state index is -0.294. The third-order valence-corrected chi connectivity index (χ3v) is 4.79. The molecule has 0 radical (unpaired) electrons. The Morgan fingerprint density at radius 1 is 1.32 bits per heavy atom. The van der Waals surface area contributed by atoms with E-state index >= 15 is 0 Å². The Bertz CT molecular complexity index is 832. The van der Waals surface area contributed by atoms with Crippen LogP contribution in [-0.2, 0) is 22.7 Å². The third kappa shape index (κ3) is 4.69. The van der Waals surface area contributed by atoms with E-state index in [1.54, 1.807) is 11.3 Å². The summed E-state index contributed by atoms with van der Waals surface area (Å²) in [6.45, 7) is 1.16. The predicted octanol–water partition coefficient (Wildman–Crippen LogP) is 3.90. The van der Waals surface area contributed by atoms with Gasteiger partial charge in [0.1, 0.15) is 0 Å². The van der Waals surface area contributed by atoms with E-state index in [-0.39, 0.29) is 12.5 Å². The Morgan fingerprint density at radius 3 is 2.88 bits per heavy atom. The highest BCUT2D eigenvalue weighted by atomic mass is 35.5. The maximum Gasteiger partial charge on any atom is 0.319 e. The van der Waals surface area contributed by atoms with Gasteiger partial charge in [-0.1, -0.05) is 29.8 Å². The molecular weight excluding hydrogens is 358 g/mol. The van der Waals surface area contributed by atoms with Crippen molar-refractivity contribution in [1.82, 2.24) is 14.7 Å². The molecule has 0 bridgehead atoms. The number of hydrogen-bond acceptors (Lipinski definition) is 5. The molecule has 0 aliphatic carbocycles. The molecule has 1 aromatic carbocycles. The molecule has 0 aliphatic heterocycles. The standard InChI is InChI=1S/C18H18ClN3O2S/c1-24-18(23)11-21(10-14-4-2-3-5-16(14)19)13-22-8-6-17(20-22)15-7-9-25-12-15/h2-9,12H,10-11,13H2,1H3. The topological polar surface area (TPSA) is 47.4 Å². The molecule has 0 unspecified atom stereocenters. The van der Waals surface area contributed by atoms with Crippen LogP contribution in [0, 0.1) is 0 Å². The van der Waals surface area contributed by atoms with E-state index in [1.165, 1.54) is 7.11 Å². The minimum absolute atomic E-state index is 0.162. The number of thiophene rings is 1. The van der Waals surface area contributed by atoms with Gasteiger partial charge in [0.2, 0.25) is 0 Å². The summed E-state index contributed by atoms with van der Waals surface area (Å²) in [6.07, 6.45) is 1.91. The molecule has 0 fully saturated rings. The van der Waals surface area contributed by atoms with Gasteiger partial charge in [-0.25, -0.2) is 0 Å². The van der Waals surface area contributed by atoms with Gasteiger partial charge < -0.3 is 4.74 Å². The molecule has 25 heavy (non-hydrogen) atoms. The van der Waals surface area contributed by atoms with Crippen LogP contribution in [0.4, 0.5) is 0 Å². The fraction of sp³-hybridized carbons (Fsp3) is 0.222. The van der Waals surface area contributed by atoms with Gasteiger partial charge in [0, 0.05) is 28.7 Å².